The van der Waals surface area contributed by atoms with Gasteiger partial charge in [-0.3, -0.25) is 14.4 Å². The lowest BCUT2D eigenvalue weighted by Gasteiger charge is -2.14. The van der Waals surface area contributed by atoms with Crippen molar-refractivity contribution in [1.29, 1.82) is 0 Å². The second-order valence-electron chi connectivity index (χ2n) is 5.92. The van der Waals surface area contributed by atoms with E-state index in [9.17, 15) is 14.4 Å². The van der Waals surface area contributed by atoms with Crippen LogP contribution in [0.15, 0.2) is 36.4 Å². The molecule has 0 heterocycles. The van der Waals surface area contributed by atoms with E-state index in [1.165, 1.54) is 6.92 Å². The number of primary amides is 1. The number of ketones is 1. The van der Waals surface area contributed by atoms with Gasteiger partial charge in [0.2, 0.25) is 11.8 Å². The van der Waals surface area contributed by atoms with Gasteiger partial charge in [0.25, 0.3) is 0 Å². The second kappa shape index (κ2) is 7.12. The lowest BCUT2D eigenvalue weighted by atomic mass is 9.99. The maximum atomic E-state index is 12.4. The molecule has 0 unspecified atom stereocenters. The van der Waals surface area contributed by atoms with E-state index < -0.39 is 17.9 Å². The van der Waals surface area contributed by atoms with E-state index in [-0.39, 0.29) is 12.2 Å². The van der Waals surface area contributed by atoms with Gasteiger partial charge in [-0.25, -0.2) is 0 Å². The van der Waals surface area contributed by atoms with E-state index in [1.54, 1.807) is 12.1 Å². The molecule has 6 heteroatoms. The number of benzene rings is 2. The highest BCUT2D eigenvalue weighted by molar-refractivity contribution is 6.03. The molecule has 0 fully saturated rings. The van der Waals surface area contributed by atoms with Crippen LogP contribution in [-0.4, -0.2) is 37.7 Å². The third-order valence-electron chi connectivity index (χ3n) is 3.77. The Morgan fingerprint density at radius 3 is 2.29 bits per heavy atom. The smallest absolute Gasteiger partial charge is 0.240 e. The normalized spacial score (nSPS) is 11.8. The van der Waals surface area contributed by atoms with Crippen LogP contribution >= 0.6 is 0 Å². The summed E-state index contributed by atoms with van der Waals surface area (Å²) < 4.78 is 0. The first-order chi connectivity index (χ1) is 11.3. The summed E-state index contributed by atoms with van der Waals surface area (Å²) in [5.41, 5.74) is 6.79. The van der Waals surface area contributed by atoms with Gasteiger partial charge in [-0.1, -0.05) is 18.2 Å². The van der Waals surface area contributed by atoms with E-state index in [2.05, 4.69) is 5.32 Å². The molecular formula is C18H21N3O3. The predicted octanol–water partition coefficient (Wildman–Crippen LogP) is 1.47. The minimum absolute atomic E-state index is 0.157. The molecule has 2 rings (SSSR count). The van der Waals surface area contributed by atoms with Crippen molar-refractivity contribution < 1.29 is 14.4 Å². The Morgan fingerprint density at radius 1 is 1.08 bits per heavy atom. The van der Waals surface area contributed by atoms with Crippen molar-refractivity contribution in [2.75, 3.05) is 19.0 Å². The molecule has 126 valence electrons. The Hall–Kier alpha value is -2.89. The van der Waals surface area contributed by atoms with Crippen LogP contribution in [0.4, 0.5) is 5.69 Å². The van der Waals surface area contributed by atoms with E-state index in [0.29, 0.717) is 5.56 Å². The number of fused-ring (bicyclic) bond motifs is 1. The number of nitrogens with one attached hydrogen (secondary N) is 1. The highest BCUT2D eigenvalue weighted by atomic mass is 16.2. The number of hydrogen-bond acceptors (Lipinski definition) is 4. The maximum Gasteiger partial charge on any atom is 0.240 e. The Morgan fingerprint density at radius 2 is 1.71 bits per heavy atom. The zero-order chi connectivity index (χ0) is 17.9. The average Bonchev–Trinajstić information content (AvgIpc) is 2.52. The number of carbonyl (C=O) groups is 3. The van der Waals surface area contributed by atoms with Crippen LogP contribution in [-0.2, 0) is 9.59 Å². The molecule has 0 bridgehead atoms. The number of Topliss-reactive ketones (excluding diaryl/α,β-unsaturated/α-hetero) is 1. The van der Waals surface area contributed by atoms with Gasteiger partial charge in [0, 0.05) is 38.7 Å². The molecule has 0 aromatic heterocycles. The van der Waals surface area contributed by atoms with E-state index in [0.717, 1.165) is 16.5 Å². The van der Waals surface area contributed by atoms with Crippen LogP contribution in [0.5, 0.6) is 0 Å². The molecule has 6 nitrogen and oxygen atoms in total. The Labute approximate surface area is 140 Å². The molecule has 0 aliphatic carbocycles. The largest absolute Gasteiger partial charge is 0.378 e. The van der Waals surface area contributed by atoms with Crippen molar-refractivity contribution in [2.45, 2.75) is 19.4 Å². The number of nitrogens with zero attached hydrogens (tertiary/aromatic N) is 1. The molecule has 0 saturated heterocycles. The summed E-state index contributed by atoms with van der Waals surface area (Å²) in [5.74, 6) is -1.37. The third-order valence-corrected chi connectivity index (χ3v) is 3.77. The number of rotatable bonds is 6. The van der Waals surface area contributed by atoms with E-state index >= 15 is 0 Å². The molecule has 2 aromatic rings. The number of nitrogens with two attached hydrogens (primary N) is 1. The quantitative estimate of drug-likeness (QED) is 0.786. The van der Waals surface area contributed by atoms with Crippen molar-refractivity contribution in [3.63, 3.8) is 0 Å². The van der Waals surface area contributed by atoms with Gasteiger partial charge in [0.15, 0.2) is 5.78 Å². The van der Waals surface area contributed by atoms with Gasteiger partial charge >= 0.3 is 0 Å². The predicted molar refractivity (Wildman–Crippen MR) is 94.0 cm³/mol. The van der Waals surface area contributed by atoms with Crippen LogP contribution in [0.25, 0.3) is 10.8 Å². The van der Waals surface area contributed by atoms with Crippen molar-refractivity contribution in [3.8, 4) is 0 Å². The Bertz CT molecular complexity index is 799. The van der Waals surface area contributed by atoms with Crippen molar-refractivity contribution in [2.24, 2.45) is 5.73 Å². The monoisotopic (exact) mass is 327 g/mol. The molecule has 2 amide bonds. The molecule has 0 saturated carbocycles. The molecule has 0 aliphatic heterocycles. The Balaban J connectivity index is 2.24. The molecule has 0 spiro atoms. The Kier molecular flexibility index (Phi) is 5.18. The number of amides is 2. The third kappa shape index (κ3) is 4.10. The fraction of sp³-hybridized carbons (Fsp3) is 0.278. The van der Waals surface area contributed by atoms with Gasteiger partial charge in [-0.2, -0.15) is 0 Å². The summed E-state index contributed by atoms with van der Waals surface area (Å²) in [6.45, 7) is 1.28. The lowest BCUT2D eigenvalue weighted by Crippen LogP contribution is -2.44. The van der Waals surface area contributed by atoms with Gasteiger partial charge in [0.1, 0.15) is 6.04 Å². The molecule has 0 aliphatic rings. The van der Waals surface area contributed by atoms with E-state index in [1.807, 2.05) is 43.3 Å². The average molecular weight is 327 g/mol. The molecule has 24 heavy (non-hydrogen) atoms. The van der Waals surface area contributed by atoms with Crippen LogP contribution in [0, 0.1) is 0 Å². The molecule has 3 N–H and O–H groups in total. The summed E-state index contributed by atoms with van der Waals surface area (Å²) in [6, 6.07) is 10.3. The molecule has 0 radical (unpaired) electrons. The zero-order valence-corrected chi connectivity index (χ0v) is 14.0. The highest BCUT2D eigenvalue weighted by Crippen LogP contribution is 2.22. The number of hydrogen-bond donors (Lipinski definition) is 2. The summed E-state index contributed by atoms with van der Waals surface area (Å²) in [7, 11) is 3.93. The standard InChI is InChI=1S/C18H21N3O3/c1-11(22)20-16(18(19)24)10-17(23)14-5-4-13-9-15(21(2)3)7-6-12(13)8-14/h4-9,16H,10H2,1-3H3,(H2,19,24)(H,20,22)/t16-/m0/s1. The maximum absolute atomic E-state index is 12.4. The fourth-order valence-corrected chi connectivity index (χ4v) is 2.46. The van der Waals surface area contributed by atoms with Crippen molar-refractivity contribution in [3.05, 3.63) is 42.0 Å². The number of carbonyl (C=O) groups excluding carboxylic acids is 3. The van der Waals surface area contributed by atoms with Crippen LogP contribution in [0.2, 0.25) is 0 Å². The minimum Gasteiger partial charge on any atom is -0.378 e. The second-order valence-corrected chi connectivity index (χ2v) is 5.92. The summed E-state index contributed by atoms with van der Waals surface area (Å²) >= 11 is 0. The van der Waals surface area contributed by atoms with Crippen LogP contribution in [0.3, 0.4) is 0 Å². The van der Waals surface area contributed by atoms with E-state index in [4.69, 9.17) is 5.73 Å². The zero-order valence-electron chi connectivity index (χ0n) is 14.0. The first-order valence-corrected chi connectivity index (χ1v) is 7.58. The SMILES string of the molecule is CC(=O)N[C@@H](CC(=O)c1ccc2cc(N(C)C)ccc2c1)C(N)=O. The number of anilines is 1. The summed E-state index contributed by atoms with van der Waals surface area (Å²) in [6.07, 6.45) is -0.157. The first kappa shape index (κ1) is 17.5. The lowest BCUT2D eigenvalue weighted by molar-refractivity contribution is -0.126. The van der Waals surface area contributed by atoms with Crippen molar-refractivity contribution in [1.82, 2.24) is 5.32 Å². The molecular weight excluding hydrogens is 306 g/mol. The van der Waals surface area contributed by atoms with Gasteiger partial charge in [0.05, 0.1) is 0 Å². The van der Waals surface area contributed by atoms with Gasteiger partial charge in [-0.05, 0) is 29.0 Å². The van der Waals surface area contributed by atoms with Crippen LogP contribution < -0.4 is 16.0 Å². The van der Waals surface area contributed by atoms with Gasteiger partial charge in [-0.15, -0.1) is 0 Å². The molecule has 1 atom stereocenters. The molecule has 2 aromatic carbocycles. The minimum atomic E-state index is -0.998. The van der Waals surface area contributed by atoms with Gasteiger partial charge < -0.3 is 16.0 Å². The topological polar surface area (TPSA) is 92.5 Å². The van der Waals surface area contributed by atoms with Crippen LogP contribution in [0.1, 0.15) is 23.7 Å². The summed E-state index contributed by atoms with van der Waals surface area (Å²) in [4.78, 5) is 36.9. The summed E-state index contributed by atoms with van der Waals surface area (Å²) in [5, 5.41) is 4.35. The van der Waals surface area contributed by atoms with Crippen molar-refractivity contribution >= 4 is 34.1 Å². The first-order valence-electron chi connectivity index (χ1n) is 7.58. The highest BCUT2D eigenvalue weighted by Gasteiger charge is 2.21. The fourth-order valence-electron chi connectivity index (χ4n) is 2.46.